The zero-order chi connectivity index (χ0) is 16.1. The van der Waals surface area contributed by atoms with Gasteiger partial charge in [0.25, 0.3) is 0 Å². The smallest absolute Gasteiger partial charge is 0.182 e. The van der Waals surface area contributed by atoms with Crippen LogP contribution in [0.4, 0.5) is 5.69 Å². The zero-order valence-corrected chi connectivity index (χ0v) is 16.3. The van der Waals surface area contributed by atoms with Crippen molar-refractivity contribution >= 4 is 57.0 Å². The second kappa shape index (κ2) is 9.25. The van der Waals surface area contributed by atoms with Crippen molar-refractivity contribution in [3.63, 3.8) is 0 Å². The molecule has 24 heavy (non-hydrogen) atoms. The molecule has 0 bridgehead atoms. The van der Waals surface area contributed by atoms with Crippen LogP contribution in [0.25, 0.3) is 0 Å². The van der Waals surface area contributed by atoms with Crippen molar-refractivity contribution in [1.82, 2.24) is 0 Å². The van der Waals surface area contributed by atoms with Crippen molar-refractivity contribution in [2.75, 3.05) is 23.7 Å². The molecule has 6 heteroatoms. The summed E-state index contributed by atoms with van der Waals surface area (Å²) in [7, 11) is 0. The maximum absolute atomic E-state index is 12.6. The number of nitrogens with zero attached hydrogens (tertiary/aromatic N) is 2. The molecule has 2 aromatic carbocycles. The molecule has 2 aromatic rings. The molecule has 0 spiro atoms. The Morgan fingerprint density at radius 2 is 1.83 bits per heavy atom. The Bertz CT molecular complexity index is 707. The highest BCUT2D eigenvalue weighted by Crippen LogP contribution is 2.24. The first kappa shape index (κ1) is 19.0. The summed E-state index contributed by atoms with van der Waals surface area (Å²) in [5, 5.41) is 1.59. The van der Waals surface area contributed by atoms with E-state index >= 15 is 0 Å². The monoisotopic (exact) mass is 424 g/mol. The summed E-state index contributed by atoms with van der Waals surface area (Å²) in [4.78, 5) is 19.2. The number of ketones is 1. The summed E-state index contributed by atoms with van der Waals surface area (Å²) in [6, 6.07) is 16.9. The summed E-state index contributed by atoms with van der Waals surface area (Å²) in [5.41, 5.74) is 1.65. The third kappa shape index (κ3) is 4.85. The fraction of sp³-hybridized carbons (Fsp3) is 0.222. The van der Waals surface area contributed by atoms with Gasteiger partial charge in [-0.15, -0.1) is 17.0 Å². The Labute approximate surface area is 161 Å². The lowest BCUT2D eigenvalue weighted by Gasteiger charge is -2.27. The molecule has 0 saturated heterocycles. The lowest BCUT2D eigenvalue weighted by atomic mass is 10.1. The van der Waals surface area contributed by atoms with E-state index in [0.717, 1.165) is 29.6 Å². The van der Waals surface area contributed by atoms with Gasteiger partial charge in [-0.1, -0.05) is 53.7 Å². The van der Waals surface area contributed by atoms with Crippen LogP contribution in [0.1, 0.15) is 16.8 Å². The number of thioether (sulfide) groups is 1. The number of aliphatic imine (C=N–C) groups is 1. The number of hydrogen-bond acceptors (Lipinski definition) is 4. The quantitative estimate of drug-likeness (QED) is 0.639. The second-order valence-corrected chi connectivity index (χ2v) is 6.72. The van der Waals surface area contributed by atoms with Crippen LogP contribution in [0.2, 0.25) is 5.02 Å². The average Bonchev–Trinajstić information content (AvgIpc) is 2.62. The van der Waals surface area contributed by atoms with Gasteiger partial charge in [-0.2, -0.15) is 0 Å². The Kier molecular flexibility index (Phi) is 7.34. The van der Waals surface area contributed by atoms with Gasteiger partial charge in [0.05, 0.1) is 6.54 Å². The molecule has 0 aliphatic carbocycles. The molecule has 0 saturated carbocycles. The molecule has 0 radical (unpaired) electrons. The summed E-state index contributed by atoms with van der Waals surface area (Å²) in [6.45, 7) is 1.09. The summed E-state index contributed by atoms with van der Waals surface area (Å²) >= 11 is 7.68. The standard InChI is InChI=1S/C18H17ClN2OS.BrH/c19-15-7-9-16(10-8-15)21(18-20-11-4-12-23-18)13-17(22)14-5-2-1-3-6-14;/h1-3,5-10H,4,11-13H2;1H. The number of hydrogen-bond donors (Lipinski definition) is 0. The van der Waals surface area contributed by atoms with Crippen LogP contribution in [0, 0.1) is 0 Å². The van der Waals surface area contributed by atoms with Gasteiger partial charge in [0, 0.05) is 28.6 Å². The van der Waals surface area contributed by atoms with Gasteiger partial charge in [-0.3, -0.25) is 9.79 Å². The number of anilines is 1. The topological polar surface area (TPSA) is 32.7 Å². The number of carbonyl (C=O) groups is 1. The van der Waals surface area contributed by atoms with Gasteiger partial charge in [0.15, 0.2) is 11.0 Å². The Balaban J connectivity index is 0.00000208. The van der Waals surface area contributed by atoms with E-state index in [9.17, 15) is 4.79 Å². The minimum Gasteiger partial charge on any atom is -0.313 e. The van der Waals surface area contributed by atoms with E-state index in [-0.39, 0.29) is 29.3 Å². The molecule has 0 atom stereocenters. The molecule has 3 nitrogen and oxygen atoms in total. The lowest BCUT2D eigenvalue weighted by molar-refractivity contribution is 0.100. The highest BCUT2D eigenvalue weighted by atomic mass is 79.9. The van der Waals surface area contributed by atoms with Crippen molar-refractivity contribution < 1.29 is 4.79 Å². The van der Waals surface area contributed by atoms with Crippen LogP contribution in [0.5, 0.6) is 0 Å². The average molecular weight is 426 g/mol. The molecule has 0 N–H and O–H groups in total. The van der Waals surface area contributed by atoms with Crippen molar-refractivity contribution in [2.24, 2.45) is 4.99 Å². The van der Waals surface area contributed by atoms with Crippen LogP contribution >= 0.6 is 40.3 Å². The molecule has 0 fully saturated rings. The van der Waals surface area contributed by atoms with E-state index in [2.05, 4.69) is 4.99 Å². The fourth-order valence-electron chi connectivity index (χ4n) is 2.36. The molecule has 126 valence electrons. The number of Topliss-reactive ketones (excluding diaryl/α,β-unsaturated/α-hetero) is 1. The molecule has 0 unspecified atom stereocenters. The minimum atomic E-state index is 0. The Hall–Kier alpha value is -1.30. The largest absolute Gasteiger partial charge is 0.313 e. The first-order chi connectivity index (χ1) is 11.2. The van der Waals surface area contributed by atoms with Crippen LogP contribution in [-0.4, -0.2) is 29.8 Å². The number of amidine groups is 1. The number of halogens is 2. The predicted molar refractivity (Wildman–Crippen MR) is 109 cm³/mol. The first-order valence-electron chi connectivity index (χ1n) is 7.52. The summed E-state index contributed by atoms with van der Waals surface area (Å²) in [5.74, 6) is 1.11. The van der Waals surface area contributed by atoms with Crippen LogP contribution in [-0.2, 0) is 0 Å². The fourth-order valence-corrected chi connectivity index (χ4v) is 3.45. The molecule has 1 heterocycles. The lowest BCUT2D eigenvalue weighted by Crippen LogP contribution is -2.35. The van der Waals surface area contributed by atoms with Crippen LogP contribution in [0.15, 0.2) is 59.6 Å². The maximum atomic E-state index is 12.6. The van der Waals surface area contributed by atoms with Gasteiger partial charge in [0.1, 0.15) is 0 Å². The van der Waals surface area contributed by atoms with E-state index < -0.39 is 0 Å². The van der Waals surface area contributed by atoms with E-state index in [1.165, 1.54) is 0 Å². The van der Waals surface area contributed by atoms with E-state index in [1.54, 1.807) is 11.8 Å². The van der Waals surface area contributed by atoms with Crippen molar-refractivity contribution in [3.05, 3.63) is 65.2 Å². The predicted octanol–water partition coefficient (Wildman–Crippen LogP) is 5.10. The third-order valence-electron chi connectivity index (χ3n) is 3.55. The normalized spacial score (nSPS) is 13.6. The third-order valence-corrected chi connectivity index (χ3v) is 4.90. The van der Waals surface area contributed by atoms with E-state index in [4.69, 9.17) is 11.6 Å². The number of benzene rings is 2. The van der Waals surface area contributed by atoms with Crippen molar-refractivity contribution in [1.29, 1.82) is 0 Å². The SMILES string of the molecule is Br.O=C(CN(C1=NCCCS1)c1ccc(Cl)cc1)c1ccccc1. The first-order valence-corrected chi connectivity index (χ1v) is 8.89. The zero-order valence-electron chi connectivity index (χ0n) is 13.0. The van der Waals surface area contributed by atoms with Gasteiger partial charge in [-0.25, -0.2) is 0 Å². The van der Waals surface area contributed by atoms with Crippen molar-refractivity contribution in [2.45, 2.75) is 6.42 Å². The Morgan fingerprint density at radius 3 is 2.46 bits per heavy atom. The summed E-state index contributed by atoms with van der Waals surface area (Å²) in [6.07, 6.45) is 1.08. The molecule has 3 rings (SSSR count). The summed E-state index contributed by atoms with van der Waals surface area (Å²) < 4.78 is 0. The second-order valence-electron chi connectivity index (χ2n) is 5.22. The van der Waals surface area contributed by atoms with Gasteiger partial charge < -0.3 is 4.90 Å². The van der Waals surface area contributed by atoms with Crippen molar-refractivity contribution in [3.8, 4) is 0 Å². The van der Waals surface area contributed by atoms with E-state index in [1.807, 2.05) is 59.5 Å². The van der Waals surface area contributed by atoms with Gasteiger partial charge in [0.2, 0.25) is 0 Å². The molecule has 1 aliphatic rings. The highest BCUT2D eigenvalue weighted by Gasteiger charge is 2.20. The number of carbonyl (C=O) groups excluding carboxylic acids is 1. The maximum Gasteiger partial charge on any atom is 0.182 e. The van der Waals surface area contributed by atoms with Crippen LogP contribution in [0.3, 0.4) is 0 Å². The van der Waals surface area contributed by atoms with Gasteiger partial charge >= 0.3 is 0 Å². The molecule has 1 aliphatic heterocycles. The molecule has 0 amide bonds. The van der Waals surface area contributed by atoms with Gasteiger partial charge in [-0.05, 0) is 30.7 Å². The minimum absolute atomic E-state index is 0. The molecular weight excluding hydrogens is 408 g/mol. The highest BCUT2D eigenvalue weighted by molar-refractivity contribution is 8.93. The molecule has 0 aromatic heterocycles. The van der Waals surface area contributed by atoms with E-state index in [0.29, 0.717) is 10.6 Å². The van der Waals surface area contributed by atoms with Crippen LogP contribution < -0.4 is 4.90 Å². The molecular formula is C18H18BrClN2OS. The number of rotatable bonds is 4. The Morgan fingerprint density at radius 1 is 1.12 bits per heavy atom.